The van der Waals surface area contributed by atoms with E-state index in [9.17, 15) is 0 Å². The Balaban J connectivity index is 2.82. The number of aryl methyl sites for hydroxylation is 1. The molecule has 3 N–H and O–H groups in total. The Morgan fingerprint density at radius 1 is 1.10 bits per heavy atom. The molecule has 0 amide bonds. The van der Waals surface area contributed by atoms with Crippen LogP contribution in [0.3, 0.4) is 0 Å². The van der Waals surface area contributed by atoms with Crippen LogP contribution in [0.5, 0.6) is 0 Å². The van der Waals surface area contributed by atoms with Gasteiger partial charge in [-0.05, 0) is 32.1 Å². The normalized spacial score (nSPS) is 12.2. The highest BCUT2D eigenvalue weighted by Crippen LogP contribution is 2.21. The Kier molecular flexibility index (Phi) is 8.05. The molecule has 1 heterocycles. The predicted octanol–water partition coefficient (Wildman–Crippen LogP) is 2.99. The zero-order valence-corrected chi connectivity index (χ0v) is 13.9. The standard InChI is InChI=1S/C16H30N4O/c1-5-7-13(9-10-21)11-18-16-12(3)15(17-4)19-14(20-16)8-6-2/h13,21H,5-11H2,1-4H3,(H2,17,18,19,20). The Morgan fingerprint density at radius 2 is 1.81 bits per heavy atom. The summed E-state index contributed by atoms with van der Waals surface area (Å²) in [4.78, 5) is 9.18. The van der Waals surface area contributed by atoms with Crippen LogP contribution in [0.15, 0.2) is 0 Å². The van der Waals surface area contributed by atoms with Gasteiger partial charge in [0.1, 0.15) is 17.5 Å². The van der Waals surface area contributed by atoms with Gasteiger partial charge in [-0.3, -0.25) is 0 Å². The maximum atomic E-state index is 9.15. The van der Waals surface area contributed by atoms with Gasteiger partial charge in [0, 0.05) is 32.2 Å². The number of aromatic nitrogens is 2. The molecule has 1 rings (SSSR count). The Hall–Kier alpha value is -1.36. The molecule has 21 heavy (non-hydrogen) atoms. The molecule has 5 heteroatoms. The number of anilines is 2. The third kappa shape index (κ3) is 5.50. The molecule has 0 aromatic carbocycles. The minimum Gasteiger partial charge on any atom is -0.396 e. The molecule has 1 aromatic rings. The van der Waals surface area contributed by atoms with Crippen LogP contribution in [0.25, 0.3) is 0 Å². The van der Waals surface area contributed by atoms with E-state index in [1.165, 1.54) is 0 Å². The number of hydrogen-bond acceptors (Lipinski definition) is 5. The van der Waals surface area contributed by atoms with E-state index in [1.807, 2.05) is 14.0 Å². The quantitative estimate of drug-likeness (QED) is 0.619. The summed E-state index contributed by atoms with van der Waals surface area (Å²) in [5, 5.41) is 15.7. The molecule has 0 aliphatic heterocycles. The van der Waals surface area contributed by atoms with Gasteiger partial charge < -0.3 is 15.7 Å². The van der Waals surface area contributed by atoms with Gasteiger partial charge in [-0.25, -0.2) is 9.97 Å². The van der Waals surface area contributed by atoms with Gasteiger partial charge in [0.15, 0.2) is 0 Å². The zero-order chi connectivity index (χ0) is 15.7. The van der Waals surface area contributed by atoms with Crippen molar-refractivity contribution in [2.24, 2.45) is 5.92 Å². The van der Waals surface area contributed by atoms with Crippen LogP contribution >= 0.6 is 0 Å². The first kappa shape index (κ1) is 17.7. The van der Waals surface area contributed by atoms with Crippen molar-refractivity contribution in [2.45, 2.75) is 52.9 Å². The van der Waals surface area contributed by atoms with E-state index >= 15 is 0 Å². The molecule has 0 aliphatic carbocycles. The van der Waals surface area contributed by atoms with Crippen LogP contribution in [0.1, 0.15) is 50.9 Å². The summed E-state index contributed by atoms with van der Waals surface area (Å²) < 4.78 is 0. The lowest BCUT2D eigenvalue weighted by atomic mass is 10.0. The van der Waals surface area contributed by atoms with Gasteiger partial charge in [-0.15, -0.1) is 0 Å². The third-order valence-electron chi connectivity index (χ3n) is 3.69. The maximum absolute atomic E-state index is 9.15. The van der Waals surface area contributed by atoms with Gasteiger partial charge in [0.05, 0.1) is 0 Å². The third-order valence-corrected chi connectivity index (χ3v) is 3.69. The summed E-state index contributed by atoms with van der Waals surface area (Å²) in [6.07, 6.45) is 5.02. The SMILES string of the molecule is CCCc1nc(NC)c(C)c(NCC(CCC)CCO)n1. The topological polar surface area (TPSA) is 70.1 Å². The fourth-order valence-corrected chi connectivity index (χ4v) is 2.49. The summed E-state index contributed by atoms with van der Waals surface area (Å²) >= 11 is 0. The molecule has 0 bridgehead atoms. The predicted molar refractivity (Wildman–Crippen MR) is 88.9 cm³/mol. The van der Waals surface area contributed by atoms with Crippen molar-refractivity contribution in [1.82, 2.24) is 9.97 Å². The molecule has 0 aliphatic rings. The van der Waals surface area contributed by atoms with Gasteiger partial charge >= 0.3 is 0 Å². The van der Waals surface area contributed by atoms with Crippen molar-refractivity contribution in [1.29, 1.82) is 0 Å². The molecule has 1 unspecified atom stereocenters. The molecule has 0 spiro atoms. The van der Waals surface area contributed by atoms with Crippen LogP contribution < -0.4 is 10.6 Å². The molecule has 1 aromatic heterocycles. The minimum atomic E-state index is 0.248. The molecular weight excluding hydrogens is 264 g/mol. The van der Waals surface area contributed by atoms with Crippen molar-refractivity contribution >= 4 is 11.6 Å². The smallest absolute Gasteiger partial charge is 0.134 e. The van der Waals surface area contributed by atoms with Gasteiger partial charge in [0.2, 0.25) is 0 Å². The number of nitrogens with one attached hydrogen (secondary N) is 2. The van der Waals surface area contributed by atoms with Crippen LogP contribution in [0.4, 0.5) is 11.6 Å². The summed E-state index contributed by atoms with van der Waals surface area (Å²) in [5.74, 6) is 3.17. The monoisotopic (exact) mass is 294 g/mol. The van der Waals surface area contributed by atoms with E-state index < -0.39 is 0 Å². The Labute approximate surface area is 128 Å². The number of hydrogen-bond donors (Lipinski definition) is 3. The first-order valence-corrected chi connectivity index (χ1v) is 8.06. The summed E-state index contributed by atoms with van der Waals surface area (Å²) in [6.45, 7) is 7.44. The number of aliphatic hydroxyl groups excluding tert-OH is 1. The van der Waals surface area contributed by atoms with Crippen LogP contribution in [-0.4, -0.2) is 35.3 Å². The second-order valence-electron chi connectivity index (χ2n) is 5.51. The number of aliphatic hydroxyl groups is 1. The lowest BCUT2D eigenvalue weighted by Gasteiger charge is -2.18. The first-order valence-electron chi connectivity index (χ1n) is 8.06. The average Bonchev–Trinajstić information content (AvgIpc) is 2.48. The lowest BCUT2D eigenvalue weighted by Crippen LogP contribution is -2.18. The zero-order valence-electron chi connectivity index (χ0n) is 13.9. The van der Waals surface area contributed by atoms with Gasteiger partial charge in [-0.1, -0.05) is 20.3 Å². The van der Waals surface area contributed by atoms with E-state index in [4.69, 9.17) is 5.11 Å². The molecular formula is C16H30N4O. The van der Waals surface area contributed by atoms with E-state index in [0.29, 0.717) is 5.92 Å². The van der Waals surface area contributed by atoms with Crippen molar-refractivity contribution < 1.29 is 5.11 Å². The minimum absolute atomic E-state index is 0.248. The van der Waals surface area contributed by atoms with E-state index in [0.717, 1.165) is 61.7 Å². The second-order valence-corrected chi connectivity index (χ2v) is 5.51. The summed E-state index contributed by atoms with van der Waals surface area (Å²) in [6, 6.07) is 0. The maximum Gasteiger partial charge on any atom is 0.134 e. The highest BCUT2D eigenvalue weighted by molar-refractivity contribution is 5.57. The second kappa shape index (κ2) is 9.55. The summed E-state index contributed by atoms with van der Waals surface area (Å²) in [5.41, 5.74) is 1.05. The van der Waals surface area contributed by atoms with Gasteiger partial charge in [-0.2, -0.15) is 0 Å². The fraction of sp³-hybridized carbons (Fsp3) is 0.750. The van der Waals surface area contributed by atoms with E-state index in [1.54, 1.807) is 0 Å². The van der Waals surface area contributed by atoms with E-state index in [-0.39, 0.29) is 6.61 Å². The molecule has 0 saturated carbocycles. The molecule has 120 valence electrons. The fourth-order valence-electron chi connectivity index (χ4n) is 2.49. The lowest BCUT2D eigenvalue weighted by molar-refractivity contribution is 0.255. The first-order chi connectivity index (χ1) is 10.2. The molecule has 0 saturated heterocycles. The molecule has 5 nitrogen and oxygen atoms in total. The average molecular weight is 294 g/mol. The number of rotatable bonds is 10. The highest BCUT2D eigenvalue weighted by atomic mass is 16.3. The van der Waals surface area contributed by atoms with Crippen LogP contribution in [-0.2, 0) is 6.42 Å². The number of nitrogens with zero attached hydrogens (tertiary/aromatic N) is 2. The van der Waals surface area contributed by atoms with Crippen molar-refractivity contribution in [2.75, 3.05) is 30.8 Å². The largest absolute Gasteiger partial charge is 0.396 e. The van der Waals surface area contributed by atoms with Crippen LogP contribution in [0, 0.1) is 12.8 Å². The van der Waals surface area contributed by atoms with Crippen molar-refractivity contribution in [3.63, 3.8) is 0 Å². The highest BCUT2D eigenvalue weighted by Gasteiger charge is 2.12. The van der Waals surface area contributed by atoms with E-state index in [2.05, 4.69) is 34.4 Å². The van der Waals surface area contributed by atoms with Crippen LogP contribution in [0.2, 0.25) is 0 Å². The van der Waals surface area contributed by atoms with Crippen molar-refractivity contribution in [3.05, 3.63) is 11.4 Å². The molecule has 1 atom stereocenters. The molecule has 0 radical (unpaired) electrons. The Morgan fingerprint density at radius 3 is 2.38 bits per heavy atom. The summed E-state index contributed by atoms with van der Waals surface area (Å²) in [7, 11) is 1.89. The Bertz CT molecular complexity index is 417. The molecule has 0 fully saturated rings. The van der Waals surface area contributed by atoms with Gasteiger partial charge in [0.25, 0.3) is 0 Å². The van der Waals surface area contributed by atoms with Crippen molar-refractivity contribution in [3.8, 4) is 0 Å².